The monoisotopic (exact) mass is 162 g/mol. The molecule has 1 unspecified atom stereocenters. The highest BCUT2D eigenvalue weighted by atomic mass is 14.8. The summed E-state index contributed by atoms with van der Waals surface area (Å²) in [6.45, 7) is 2.07. The van der Waals surface area contributed by atoms with Crippen molar-refractivity contribution in [2.24, 2.45) is 5.73 Å². The smallest absolute Gasteiger partial charge is 0.0480 e. The van der Waals surface area contributed by atoms with Gasteiger partial charge in [0.15, 0.2) is 0 Å². The normalized spacial score (nSPS) is 21.8. The minimum Gasteiger partial charge on any atom is -0.327 e. The van der Waals surface area contributed by atoms with Crippen LogP contribution >= 0.6 is 0 Å². The fourth-order valence-electron chi connectivity index (χ4n) is 1.74. The van der Waals surface area contributed by atoms with E-state index in [2.05, 4.69) is 18.0 Å². The zero-order valence-electron chi connectivity index (χ0n) is 7.33. The molecule has 12 heavy (non-hydrogen) atoms. The van der Waals surface area contributed by atoms with E-state index in [0.29, 0.717) is 0 Å². The van der Waals surface area contributed by atoms with Crippen molar-refractivity contribution in [2.75, 3.05) is 0 Å². The Morgan fingerprint density at radius 2 is 2.25 bits per heavy atom. The van der Waals surface area contributed by atoms with Crippen LogP contribution in [-0.2, 0) is 5.41 Å². The first kappa shape index (κ1) is 7.74. The molecule has 1 saturated carbocycles. The molecule has 1 aromatic rings. The molecule has 2 heteroatoms. The molecule has 1 aromatic heterocycles. The van der Waals surface area contributed by atoms with Gasteiger partial charge in [-0.05, 0) is 31.9 Å². The summed E-state index contributed by atoms with van der Waals surface area (Å²) in [5, 5.41) is 0. The van der Waals surface area contributed by atoms with E-state index in [1.54, 1.807) is 0 Å². The molecule has 0 aromatic carbocycles. The topological polar surface area (TPSA) is 38.9 Å². The van der Waals surface area contributed by atoms with Crippen LogP contribution in [0.1, 0.15) is 25.5 Å². The maximum atomic E-state index is 5.92. The molecule has 0 amide bonds. The zero-order chi connectivity index (χ0) is 8.60. The lowest BCUT2D eigenvalue weighted by Gasteiger charge is -2.18. The minimum absolute atomic E-state index is 0.210. The lowest BCUT2D eigenvalue weighted by Crippen LogP contribution is -2.32. The van der Waals surface area contributed by atoms with Crippen molar-refractivity contribution >= 4 is 0 Å². The maximum Gasteiger partial charge on any atom is 0.0480 e. The summed E-state index contributed by atoms with van der Waals surface area (Å²) in [5.41, 5.74) is 7.30. The van der Waals surface area contributed by atoms with Gasteiger partial charge in [0.1, 0.15) is 0 Å². The summed E-state index contributed by atoms with van der Waals surface area (Å²) in [6.07, 6.45) is 4.24. The molecule has 1 aliphatic rings. The van der Waals surface area contributed by atoms with Crippen molar-refractivity contribution in [1.82, 2.24) is 4.98 Å². The molecule has 2 nitrogen and oxygen atoms in total. The van der Waals surface area contributed by atoms with E-state index >= 15 is 0 Å². The van der Waals surface area contributed by atoms with Crippen LogP contribution in [0.15, 0.2) is 24.4 Å². The van der Waals surface area contributed by atoms with Gasteiger partial charge in [0, 0.05) is 23.3 Å². The highest BCUT2D eigenvalue weighted by Gasteiger charge is 2.48. The Kier molecular flexibility index (Phi) is 1.65. The van der Waals surface area contributed by atoms with E-state index in [1.165, 1.54) is 18.5 Å². The van der Waals surface area contributed by atoms with Crippen LogP contribution in [0.25, 0.3) is 0 Å². The van der Waals surface area contributed by atoms with E-state index in [9.17, 15) is 0 Å². The molecule has 1 fully saturated rings. The number of nitrogens with two attached hydrogens (primary N) is 1. The Hall–Kier alpha value is -0.890. The fraction of sp³-hybridized carbons (Fsp3) is 0.500. The van der Waals surface area contributed by atoms with Gasteiger partial charge in [-0.15, -0.1) is 0 Å². The van der Waals surface area contributed by atoms with Gasteiger partial charge < -0.3 is 5.73 Å². The van der Waals surface area contributed by atoms with Crippen LogP contribution < -0.4 is 5.73 Å². The summed E-state index contributed by atoms with van der Waals surface area (Å²) in [6, 6.07) is 6.29. The average Bonchev–Trinajstić information content (AvgIpc) is 2.86. The fourth-order valence-corrected chi connectivity index (χ4v) is 1.74. The first-order valence-corrected chi connectivity index (χ1v) is 4.43. The lowest BCUT2D eigenvalue weighted by molar-refractivity contribution is 0.542. The van der Waals surface area contributed by atoms with Crippen LogP contribution in [-0.4, -0.2) is 11.0 Å². The SMILES string of the molecule is CC(N)C1(c2ccccn2)CC1. The van der Waals surface area contributed by atoms with E-state index < -0.39 is 0 Å². The summed E-state index contributed by atoms with van der Waals surface area (Å²) < 4.78 is 0. The number of hydrogen-bond donors (Lipinski definition) is 1. The Balaban J connectivity index is 2.31. The standard InChI is InChI=1S/C10H14N2/c1-8(11)10(5-6-10)9-4-2-3-7-12-9/h2-4,7-8H,5-6,11H2,1H3. The molecule has 1 aliphatic carbocycles. The highest BCUT2D eigenvalue weighted by molar-refractivity contribution is 5.27. The second-order valence-electron chi connectivity index (χ2n) is 3.66. The van der Waals surface area contributed by atoms with Crippen molar-refractivity contribution in [3.63, 3.8) is 0 Å². The van der Waals surface area contributed by atoms with Crippen molar-refractivity contribution < 1.29 is 0 Å². The molecule has 0 saturated heterocycles. The largest absolute Gasteiger partial charge is 0.327 e. The van der Waals surface area contributed by atoms with Crippen molar-refractivity contribution in [3.8, 4) is 0 Å². The first-order valence-electron chi connectivity index (χ1n) is 4.43. The van der Waals surface area contributed by atoms with E-state index in [-0.39, 0.29) is 11.5 Å². The third kappa shape index (κ3) is 1.03. The van der Waals surface area contributed by atoms with Gasteiger partial charge in [0.2, 0.25) is 0 Å². The molecule has 0 bridgehead atoms. The van der Waals surface area contributed by atoms with Gasteiger partial charge in [0.05, 0.1) is 0 Å². The second-order valence-corrected chi connectivity index (χ2v) is 3.66. The molecule has 0 radical (unpaired) electrons. The van der Waals surface area contributed by atoms with Gasteiger partial charge in [-0.25, -0.2) is 0 Å². The summed E-state index contributed by atoms with van der Waals surface area (Å²) in [7, 11) is 0. The Morgan fingerprint density at radius 1 is 1.50 bits per heavy atom. The third-order valence-electron chi connectivity index (χ3n) is 2.84. The quantitative estimate of drug-likeness (QED) is 0.715. The lowest BCUT2D eigenvalue weighted by atomic mass is 9.94. The number of aromatic nitrogens is 1. The number of nitrogens with zero attached hydrogens (tertiary/aromatic N) is 1. The van der Waals surface area contributed by atoms with Gasteiger partial charge in [0.25, 0.3) is 0 Å². The molecule has 0 spiro atoms. The first-order chi connectivity index (χ1) is 5.76. The highest BCUT2D eigenvalue weighted by Crippen LogP contribution is 2.49. The predicted octanol–water partition coefficient (Wildman–Crippen LogP) is 1.46. The van der Waals surface area contributed by atoms with Gasteiger partial charge in [-0.1, -0.05) is 6.07 Å². The van der Waals surface area contributed by atoms with Crippen LogP contribution in [0, 0.1) is 0 Å². The van der Waals surface area contributed by atoms with Gasteiger partial charge in [-0.2, -0.15) is 0 Å². The molecular formula is C10H14N2. The number of rotatable bonds is 2. The second kappa shape index (κ2) is 2.56. The van der Waals surface area contributed by atoms with E-state index in [4.69, 9.17) is 5.73 Å². The molecule has 64 valence electrons. The molecule has 1 heterocycles. The molecular weight excluding hydrogens is 148 g/mol. The number of hydrogen-bond acceptors (Lipinski definition) is 2. The van der Waals surface area contributed by atoms with Crippen LogP contribution in [0.4, 0.5) is 0 Å². The Bertz CT molecular complexity index is 262. The number of pyridine rings is 1. The molecule has 2 rings (SSSR count). The van der Waals surface area contributed by atoms with Crippen molar-refractivity contribution in [3.05, 3.63) is 30.1 Å². The predicted molar refractivity (Wildman–Crippen MR) is 48.8 cm³/mol. The Labute approximate surface area is 72.8 Å². The minimum atomic E-state index is 0.210. The van der Waals surface area contributed by atoms with Crippen LogP contribution in [0.5, 0.6) is 0 Å². The van der Waals surface area contributed by atoms with Crippen molar-refractivity contribution in [2.45, 2.75) is 31.2 Å². The zero-order valence-corrected chi connectivity index (χ0v) is 7.33. The van der Waals surface area contributed by atoms with E-state index in [0.717, 1.165) is 0 Å². The van der Waals surface area contributed by atoms with Gasteiger partial charge in [-0.3, -0.25) is 4.98 Å². The summed E-state index contributed by atoms with van der Waals surface area (Å²) in [4.78, 5) is 4.35. The third-order valence-corrected chi connectivity index (χ3v) is 2.84. The summed E-state index contributed by atoms with van der Waals surface area (Å²) in [5.74, 6) is 0. The van der Waals surface area contributed by atoms with Crippen molar-refractivity contribution in [1.29, 1.82) is 0 Å². The Morgan fingerprint density at radius 3 is 2.67 bits per heavy atom. The molecule has 0 aliphatic heterocycles. The van der Waals surface area contributed by atoms with Gasteiger partial charge >= 0.3 is 0 Å². The van der Waals surface area contributed by atoms with Crippen LogP contribution in [0.2, 0.25) is 0 Å². The molecule has 1 atom stereocenters. The van der Waals surface area contributed by atoms with E-state index in [1.807, 2.05) is 18.3 Å². The average molecular weight is 162 g/mol. The maximum absolute atomic E-state index is 5.92. The van der Waals surface area contributed by atoms with Crippen LogP contribution in [0.3, 0.4) is 0 Å². The summed E-state index contributed by atoms with van der Waals surface area (Å²) >= 11 is 0. The molecule has 2 N–H and O–H groups in total.